The predicted molar refractivity (Wildman–Crippen MR) is 210 cm³/mol. The molecule has 0 heterocycles. The minimum atomic E-state index is -0.409. The topological polar surface area (TPSA) is 190 Å². The molecule has 18 heteroatoms. The van der Waals surface area contributed by atoms with Gasteiger partial charge in [0.25, 0.3) is 0 Å². The summed E-state index contributed by atoms with van der Waals surface area (Å²) in [6, 6.07) is 0. The standard InChI is InChI=1S/C23H44O11.C9H16O4.C7H12O3/c1-22(2)23(24)34-21-20-33-19-18-32-17-16-31-15-14-30-13-12-29-11-10-28-9-8-27-7-6-26-5-4-25-3;1-8(2)9(10)13-7-6-12-5-4-11-3;1-4-9-5-10-7(8)6(2)3/h1,4-21H2,2-3H3;1,4-7H2,2-3H3;2,4-5H2,1,3H3. The van der Waals surface area contributed by atoms with Gasteiger partial charge in [-0.15, -0.1) is 0 Å². The quantitative estimate of drug-likeness (QED) is 0.0289. The maximum Gasteiger partial charge on any atom is 0.335 e. The van der Waals surface area contributed by atoms with E-state index in [1.54, 1.807) is 35.0 Å². The minimum Gasteiger partial charge on any atom is -0.460 e. The van der Waals surface area contributed by atoms with Gasteiger partial charge in [-0.25, -0.2) is 14.4 Å². The van der Waals surface area contributed by atoms with E-state index in [2.05, 4.69) is 24.5 Å². The van der Waals surface area contributed by atoms with E-state index in [9.17, 15) is 14.4 Å². The van der Waals surface area contributed by atoms with Gasteiger partial charge in [0.2, 0.25) is 0 Å². The first kappa shape index (κ1) is 58.5. The van der Waals surface area contributed by atoms with Crippen LogP contribution in [0.4, 0.5) is 0 Å². The molecule has 18 nitrogen and oxygen atoms in total. The van der Waals surface area contributed by atoms with Crippen LogP contribution < -0.4 is 0 Å². The van der Waals surface area contributed by atoms with Crippen molar-refractivity contribution in [2.75, 3.05) is 173 Å². The number of methoxy groups -OCH3 is 2. The van der Waals surface area contributed by atoms with Gasteiger partial charge < -0.3 is 71.1 Å². The number of ether oxygens (including phenoxy) is 15. The molecule has 0 aliphatic rings. The Morgan fingerprint density at radius 2 is 0.544 bits per heavy atom. The molecule has 0 bridgehead atoms. The van der Waals surface area contributed by atoms with Crippen LogP contribution in [0.15, 0.2) is 36.5 Å². The molecule has 0 aliphatic carbocycles. The van der Waals surface area contributed by atoms with E-state index in [1.807, 2.05) is 6.92 Å². The Labute approximate surface area is 340 Å². The summed E-state index contributed by atoms with van der Waals surface area (Å²) in [5.41, 5.74) is 1.16. The molecular weight excluding hydrogens is 756 g/mol. The second-order valence-electron chi connectivity index (χ2n) is 11.2. The average molecular weight is 829 g/mol. The fourth-order valence-corrected chi connectivity index (χ4v) is 2.96. The fourth-order valence-electron chi connectivity index (χ4n) is 2.96. The van der Waals surface area contributed by atoms with Crippen molar-refractivity contribution in [3.05, 3.63) is 36.5 Å². The third-order valence-corrected chi connectivity index (χ3v) is 5.91. The summed E-state index contributed by atoms with van der Waals surface area (Å²) < 4.78 is 76.7. The van der Waals surface area contributed by atoms with Crippen LogP contribution in [0.5, 0.6) is 0 Å². The lowest BCUT2D eigenvalue weighted by molar-refractivity contribution is -0.151. The van der Waals surface area contributed by atoms with Crippen molar-refractivity contribution in [3.63, 3.8) is 0 Å². The van der Waals surface area contributed by atoms with Crippen molar-refractivity contribution in [2.24, 2.45) is 0 Å². The summed E-state index contributed by atoms with van der Waals surface area (Å²) in [5, 5.41) is 0. The maximum absolute atomic E-state index is 11.1. The third kappa shape index (κ3) is 53.2. The van der Waals surface area contributed by atoms with Crippen molar-refractivity contribution in [2.45, 2.75) is 27.7 Å². The summed E-state index contributed by atoms with van der Waals surface area (Å²) in [7, 11) is 3.24. The van der Waals surface area contributed by atoms with Crippen LogP contribution in [-0.4, -0.2) is 191 Å². The molecule has 0 aliphatic heterocycles. The van der Waals surface area contributed by atoms with Crippen molar-refractivity contribution in [1.29, 1.82) is 0 Å². The molecule has 57 heavy (non-hydrogen) atoms. The van der Waals surface area contributed by atoms with Gasteiger partial charge in [-0.2, -0.15) is 0 Å². The lowest BCUT2D eigenvalue weighted by atomic mass is 10.4. The number of carbonyl (C=O) groups excluding carboxylic acids is 3. The Balaban J connectivity index is -0.00000103. The Morgan fingerprint density at radius 1 is 0.333 bits per heavy atom. The molecule has 0 aromatic carbocycles. The van der Waals surface area contributed by atoms with Crippen LogP contribution in [-0.2, 0) is 85.4 Å². The molecule has 0 spiro atoms. The summed E-state index contributed by atoms with van der Waals surface area (Å²) in [6.07, 6.45) is 0. The SMILES string of the molecule is C=C(C)C(=O)OCCOCCOC.C=C(C)C(=O)OCCOCCOCCOCCOCCOCCOCCOCCOCCOC.C=C(C)C(=O)OCOCC. The zero-order valence-corrected chi connectivity index (χ0v) is 35.4. The second-order valence-corrected chi connectivity index (χ2v) is 11.2. The van der Waals surface area contributed by atoms with Gasteiger partial charge in [0.15, 0.2) is 6.79 Å². The molecule has 0 fully saturated rings. The van der Waals surface area contributed by atoms with Gasteiger partial charge in [0.05, 0.1) is 132 Å². The van der Waals surface area contributed by atoms with E-state index in [1.165, 1.54) is 0 Å². The molecule has 0 rings (SSSR count). The molecular formula is C39H72O18. The van der Waals surface area contributed by atoms with Crippen molar-refractivity contribution < 1.29 is 85.4 Å². The van der Waals surface area contributed by atoms with Crippen molar-refractivity contribution in [1.82, 2.24) is 0 Å². The van der Waals surface area contributed by atoms with Gasteiger partial charge in [-0.3, -0.25) is 0 Å². The van der Waals surface area contributed by atoms with Gasteiger partial charge >= 0.3 is 17.9 Å². The van der Waals surface area contributed by atoms with Gasteiger partial charge in [0, 0.05) is 37.5 Å². The molecule has 0 unspecified atom stereocenters. The van der Waals surface area contributed by atoms with E-state index >= 15 is 0 Å². The first-order chi connectivity index (χ1) is 27.5. The molecule has 0 amide bonds. The molecule has 0 N–H and O–H groups in total. The van der Waals surface area contributed by atoms with E-state index in [0.29, 0.717) is 155 Å². The number of esters is 3. The van der Waals surface area contributed by atoms with Gasteiger partial charge in [-0.05, 0) is 27.7 Å². The molecule has 0 atom stereocenters. The molecule has 336 valence electrons. The number of hydrogen-bond donors (Lipinski definition) is 0. The zero-order valence-electron chi connectivity index (χ0n) is 35.4. The summed E-state index contributed by atoms with van der Waals surface area (Å²) in [4.78, 5) is 32.6. The minimum absolute atomic E-state index is 0.0161. The van der Waals surface area contributed by atoms with Crippen LogP contribution in [0.3, 0.4) is 0 Å². The predicted octanol–water partition coefficient (Wildman–Crippen LogP) is 2.75. The largest absolute Gasteiger partial charge is 0.460 e. The summed E-state index contributed by atoms with van der Waals surface area (Å²) in [6.45, 7) is 28.0. The lowest BCUT2D eigenvalue weighted by Crippen LogP contribution is -2.15. The molecule has 0 aromatic heterocycles. The molecule has 0 radical (unpaired) electrons. The van der Waals surface area contributed by atoms with Crippen LogP contribution >= 0.6 is 0 Å². The first-order valence-electron chi connectivity index (χ1n) is 18.8. The Morgan fingerprint density at radius 3 is 0.754 bits per heavy atom. The van der Waals surface area contributed by atoms with E-state index in [0.717, 1.165) is 0 Å². The highest BCUT2D eigenvalue weighted by molar-refractivity contribution is 5.87. The number of carbonyl (C=O) groups is 3. The summed E-state index contributed by atoms with van der Waals surface area (Å²) in [5.74, 6) is -1.20. The second kappa shape index (κ2) is 49.3. The highest BCUT2D eigenvalue weighted by Crippen LogP contribution is 1.94. The Kier molecular flexibility index (Phi) is 50.6. The van der Waals surface area contributed by atoms with E-state index in [4.69, 9.17) is 66.3 Å². The van der Waals surface area contributed by atoms with Crippen LogP contribution in [0.2, 0.25) is 0 Å². The molecule has 0 aromatic rings. The van der Waals surface area contributed by atoms with E-state index in [-0.39, 0.29) is 26.0 Å². The third-order valence-electron chi connectivity index (χ3n) is 5.91. The maximum atomic E-state index is 11.1. The van der Waals surface area contributed by atoms with Crippen LogP contribution in [0, 0.1) is 0 Å². The zero-order chi connectivity index (χ0) is 43.0. The lowest BCUT2D eigenvalue weighted by Gasteiger charge is -2.09. The van der Waals surface area contributed by atoms with E-state index < -0.39 is 11.9 Å². The van der Waals surface area contributed by atoms with Crippen molar-refractivity contribution >= 4 is 17.9 Å². The fraction of sp³-hybridized carbons (Fsp3) is 0.769. The molecule has 0 saturated carbocycles. The normalized spacial score (nSPS) is 10.4. The number of hydrogen-bond acceptors (Lipinski definition) is 18. The Bertz CT molecular complexity index is 962. The number of rotatable bonds is 39. The highest BCUT2D eigenvalue weighted by atomic mass is 16.7. The van der Waals surface area contributed by atoms with Gasteiger partial charge in [-0.1, -0.05) is 19.7 Å². The average Bonchev–Trinajstić information content (AvgIpc) is 3.19. The Hall–Kier alpha value is -2.85. The molecule has 0 saturated heterocycles. The smallest absolute Gasteiger partial charge is 0.335 e. The summed E-state index contributed by atoms with van der Waals surface area (Å²) >= 11 is 0. The van der Waals surface area contributed by atoms with Crippen LogP contribution in [0.1, 0.15) is 27.7 Å². The monoisotopic (exact) mass is 828 g/mol. The highest BCUT2D eigenvalue weighted by Gasteiger charge is 2.03. The van der Waals surface area contributed by atoms with Crippen molar-refractivity contribution in [3.8, 4) is 0 Å². The van der Waals surface area contributed by atoms with Gasteiger partial charge in [0.1, 0.15) is 13.2 Å². The first-order valence-corrected chi connectivity index (χ1v) is 18.8. The van der Waals surface area contributed by atoms with Crippen LogP contribution in [0.25, 0.3) is 0 Å².